The number of rotatable bonds is 6. The molecule has 10 heteroatoms. The zero-order valence-electron chi connectivity index (χ0n) is 24.2. The number of hydrogen-bond acceptors (Lipinski definition) is 6. The van der Waals surface area contributed by atoms with Crippen molar-refractivity contribution in [1.29, 1.82) is 5.26 Å². The third kappa shape index (κ3) is 4.41. The molecule has 2 saturated heterocycles. The first-order chi connectivity index (χ1) is 20.1. The van der Waals surface area contributed by atoms with E-state index < -0.39 is 5.82 Å². The molecule has 2 aliphatic rings. The van der Waals surface area contributed by atoms with Crippen LogP contribution in [0.25, 0.3) is 33.1 Å². The lowest BCUT2D eigenvalue weighted by Gasteiger charge is -2.43. The summed E-state index contributed by atoms with van der Waals surface area (Å²) >= 11 is 6.88. The van der Waals surface area contributed by atoms with Crippen LogP contribution in [0.5, 0.6) is 0 Å². The van der Waals surface area contributed by atoms with Gasteiger partial charge in [-0.25, -0.2) is 14.4 Å². The first-order valence-corrected chi connectivity index (χ1v) is 14.5. The molecule has 4 aromatic rings. The van der Waals surface area contributed by atoms with Gasteiger partial charge in [0.05, 0.1) is 35.4 Å². The normalized spacial score (nSPS) is 19.1. The predicted molar refractivity (Wildman–Crippen MR) is 164 cm³/mol. The third-order valence-electron chi connectivity index (χ3n) is 9.01. The van der Waals surface area contributed by atoms with Gasteiger partial charge < -0.3 is 19.3 Å². The van der Waals surface area contributed by atoms with Crippen molar-refractivity contribution >= 4 is 45.3 Å². The van der Waals surface area contributed by atoms with Crippen molar-refractivity contribution < 1.29 is 9.18 Å². The van der Waals surface area contributed by atoms with Gasteiger partial charge in [0.25, 0.3) is 0 Å². The standard InChI is InChI=1S/C32H33ClFN7O/c1-6-26(42)40-16-21(12-20(40)10-11-35)41-17-36-30-31(41)24-13-25(33)27(23-9-7-8-18(2)19(23)3)28(34)29(24)37-32(30)39-14-22(15-39)38(4)5/h6-9,13,17,20-22H,1,10,12,14-16H2,2-5H3. The van der Waals surface area contributed by atoms with Crippen LogP contribution in [0.1, 0.15) is 30.0 Å². The van der Waals surface area contributed by atoms with Crippen LogP contribution in [-0.4, -0.2) is 76.1 Å². The summed E-state index contributed by atoms with van der Waals surface area (Å²) in [5, 5.41) is 10.3. The van der Waals surface area contributed by atoms with Gasteiger partial charge in [-0.3, -0.25) is 4.79 Å². The number of anilines is 1. The molecule has 2 aromatic heterocycles. The molecule has 2 fully saturated rings. The smallest absolute Gasteiger partial charge is 0.246 e. The Labute approximate surface area is 249 Å². The highest BCUT2D eigenvalue weighted by Gasteiger charge is 2.37. The van der Waals surface area contributed by atoms with E-state index in [1.807, 2.05) is 50.7 Å². The van der Waals surface area contributed by atoms with Gasteiger partial charge in [0.15, 0.2) is 11.6 Å². The van der Waals surface area contributed by atoms with Crippen LogP contribution in [0, 0.1) is 31.0 Å². The summed E-state index contributed by atoms with van der Waals surface area (Å²) in [4.78, 5) is 28.4. The molecular formula is C32H33ClFN7O. The Balaban J connectivity index is 1.57. The van der Waals surface area contributed by atoms with E-state index in [1.165, 1.54) is 6.08 Å². The van der Waals surface area contributed by atoms with Crippen LogP contribution < -0.4 is 4.90 Å². The van der Waals surface area contributed by atoms with Gasteiger partial charge in [-0.1, -0.05) is 36.4 Å². The van der Waals surface area contributed by atoms with E-state index in [2.05, 4.69) is 22.4 Å². The van der Waals surface area contributed by atoms with Gasteiger partial charge in [-0.05, 0) is 63.2 Å². The Morgan fingerprint density at radius 2 is 2.02 bits per heavy atom. The van der Waals surface area contributed by atoms with E-state index in [0.29, 0.717) is 46.3 Å². The summed E-state index contributed by atoms with van der Waals surface area (Å²) in [6.07, 6.45) is 3.82. The van der Waals surface area contributed by atoms with Crippen molar-refractivity contribution in [2.24, 2.45) is 0 Å². The molecule has 1 amide bonds. The number of likely N-dealkylation sites (N-methyl/N-ethyl adjacent to an activating group) is 1. The lowest BCUT2D eigenvalue weighted by atomic mass is 9.95. The van der Waals surface area contributed by atoms with Crippen LogP contribution in [-0.2, 0) is 4.79 Å². The molecule has 0 N–H and O–H groups in total. The lowest BCUT2D eigenvalue weighted by Crippen LogP contribution is -2.57. The summed E-state index contributed by atoms with van der Waals surface area (Å²) in [6, 6.07) is 9.74. The Hall–Kier alpha value is -4.00. The van der Waals surface area contributed by atoms with Gasteiger partial charge in [0, 0.05) is 42.7 Å². The average molecular weight is 586 g/mol. The second-order valence-corrected chi connectivity index (χ2v) is 12.0. The molecule has 4 heterocycles. The Kier molecular flexibility index (Phi) is 7.16. The first-order valence-electron chi connectivity index (χ1n) is 14.1. The van der Waals surface area contributed by atoms with E-state index in [9.17, 15) is 10.1 Å². The maximum absolute atomic E-state index is 16.7. The molecule has 2 atom stereocenters. The number of carbonyl (C=O) groups is 1. The van der Waals surface area contributed by atoms with Gasteiger partial charge in [-0.2, -0.15) is 5.26 Å². The molecule has 0 saturated carbocycles. The molecule has 0 aliphatic carbocycles. The van der Waals surface area contributed by atoms with E-state index in [-0.39, 0.29) is 29.9 Å². The molecule has 42 heavy (non-hydrogen) atoms. The van der Waals surface area contributed by atoms with Crippen LogP contribution in [0.2, 0.25) is 5.02 Å². The summed E-state index contributed by atoms with van der Waals surface area (Å²) in [5.41, 5.74) is 4.71. The predicted octanol–water partition coefficient (Wildman–Crippen LogP) is 5.65. The number of likely N-dealkylation sites (tertiary alicyclic amines) is 1. The molecule has 2 aromatic carbocycles. The number of amides is 1. The number of fused-ring (bicyclic) bond motifs is 3. The fraction of sp³-hybridized carbons (Fsp3) is 0.375. The second kappa shape index (κ2) is 10.7. The summed E-state index contributed by atoms with van der Waals surface area (Å²) in [5.74, 6) is -0.0472. The van der Waals surface area contributed by atoms with Crippen molar-refractivity contribution in [3.8, 4) is 17.2 Å². The van der Waals surface area contributed by atoms with Crippen molar-refractivity contribution in [3.05, 3.63) is 65.2 Å². The van der Waals surface area contributed by atoms with E-state index in [4.69, 9.17) is 21.6 Å². The summed E-state index contributed by atoms with van der Waals surface area (Å²) in [7, 11) is 4.10. The minimum Gasteiger partial charge on any atom is -0.351 e. The van der Waals surface area contributed by atoms with Gasteiger partial charge in [0.1, 0.15) is 11.0 Å². The summed E-state index contributed by atoms with van der Waals surface area (Å²) in [6.45, 7) is 9.50. The largest absolute Gasteiger partial charge is 0.351 e. The average Bonchev–Trinajstić information content (AvgIpc) is 3.55. The number of benzene rings is 2. The van der Waals surface area contributed by atoms with Crippen molar-refractivity contribution in [2.45, 2.75) is 44.8 Å². The van der Waals surface area contributed by atoms with Crippen LogP contribution in [0.15, 0.2) is 43.2 Å². The van der Waals surface area contributed by atoms with Crippen molar-refractivity contribution in [3.63, 3.8) is 0 Å². The van der Waals surface area contributed by atoms with Gasteiger partial charge >= 0.3 is 0 Å². The van der Waals surface area contributed by atoms with Gasteiger partial charge in [0.2, 0.25) is 5.91 Å². The Morgan fingerprint density at radius 1 is 1.26 bits per heavy atom. The molecule has 216 valence electrons. The Morgan fingerprint density at radius 3 is 2.71 bits per heavy atom. The number of halogens is 2. The molecule has 2 aliphatic heterocycles. The molecule has 0 spiro atoms. The minimum absolute atomic E-state index is 0.165. The quantitative estimate of drug-likeness (QED) is 0.272. The van der Waals surface area contributed by atoms with Crippen molar-refractivity contribution in [1.82, 2.24) is 24.3 Å². The molecule has 6 rings (SSSR count). The maximum atomic E-state index is 16.7. The number of aryl methyl sites for hydroxylation is 1. The fourth-order valence-electron chi connectivity index (χ4n) is 6.35. The second-order valence-electron chi connectivity index (χ2n) is 11.6. The van der Waals surface area contributed by atoms with Crippen LogP contribution in [0.4, 0.5) is 10.2 Å². The molecule has 0 radical (unpaired) electrons. The molecule has 2 unspecified atom stereocenters. The highest BCUT2D eigenvalue weighted by Crippen LogP contribution is 2.43. The fourth-order valence-corrected chi connectivity index (χ4v) is 6.64. The highest BCUT2D eigenvalue weighted by atomic mass is 35.5. The molecular weight excluding hydrogens is 553 g/mol. The van der Waals surface area contributed by atoms with E-state index in [0.717, 1.165) is 35.3 Å². The summed E-state index contributed by atoms with van der Waals surface area (Å²) < 4.78 is 18.7. The van der Waals surface area contributed by atoms with Crippen LogP contribution >= 0.6 is 11.6 Å². The SMILES string of the molecule is C=CC(=O)N1CC(n2cnc3c(N4CC(N(C)C)C4)nc4c(F)c(-c5cccc(C)c5C)c(Cl)cc4c32)CC1CC#N. The molecule has 0 bridgehead atoms. The molecule has 8 nitrogen and oxygen atoms in total. The van der Waals surface area contributed by atoms with Crippen LogP contribution in [0.3, 0.4) is 0 Å². The number of nitrogens with zero attached hydrogens (tertiary/aromatic N) is 7. The zero-order valence-corrected chi connectivity index (χ0v) is 25.0. The number of pyridine rings is 1. The van der Waals surface area contributed by atoms with Gasteiger partial charge in [-0.15, -0.1) is 0 Å². The highest BCUT2D eigenvalue weighted by molar-refractivity contribution is 6.35. The number of hydrogen-bond donors (Lipinski definition) is 0. The Bertz CT molecular complexity index is 1790. The lowest BCUT2D eigenvalue weighted by molar-refractivity contribution is -0.126. The number of nitriles is 1. The van der Waals surface area contributed by atoms with Crippen molar-refractivity contribution in [2.75, 3.05) is 38.6 Å². The zero-order chi connectivity index (χ0) is 29.9. The minimum atomic E-state index is -0.468. The van der Waals surface area contributed by atoms with E-state index >= 15 is 4.39 Å². The number of aromatic nitrogens is 3. The monoisotopic (exact) mass is 585 g/mol. The third-order valence-corrected chi connectivity index (χ3v) is 9.31. The first kappa shape index (κ1) is 28.1. The maximum Gasteiger partial charge on any atom is 0.246 e. The number of imidazole rings is 1. The number of carbonyl (C=O) groups excluding carboxylic acids is 1. The topological polar surface area (TPSA) is 81.3 Å². The van der Waals surface area contributed by atoms with E-state index in [1.54, 1.807) is 17.3 Å².